The summed E-state index contributed by atoms with van der Waals surface area (Å²) in [5.74, 6) is -0.522. The maximum absolute atomic E-state index is 12.5. The Labute approximate surface area is 174 Å². The van der Waals surface area contributed by atoms with Gasteiger partial charge in [-0.15, -0.1) is 0 Å². The van der Waals surface area contributed by atoms with E-state index in [0.29, 0.717) is 48.4 Å². The van der Waals surface area contributed by atoms with Crippen LogP contribution < -0.4 is 10.1 Å². The molecule has 2 aromatic heterocycles. The highest BCUT2D eigenvalue weighted by molar-refractivity contribution is 6.06. The molecule has 158 valence electrons. The number of aromatic nitrogens is 4. The average Bonchev–Trinajstić information content (AvgIpc) is 3.07. The molecule has 0 atom stereocenters. The lowest BCUT2D eigenvalue weighted by Gasteiger charge is -2.40. The second-order valence-corrected chi connectivity index (χ2v) is 8.24. The number of nitrogens with zero attached hydrogens (tertiary/aromatic N) is 4. The molecule has 1 fully saturated rings. The van der Waals surface area contributed by atoms with E-state index in [4.69, 9.17) is 14.2 Å². The van der Waals surface area contributed by atoms with Gasteiger partial charge in [-0.25, -0.2) is 9.97 Å². The van der Waals surface area contributed by atoms with Crippen molar-refractivity contribution in [3.63, 3.8) is 0 Å². The summed E-state index contributed by atoms with van der Waals surface area (Å²) in [5.41, 5.74) is 1.25. The Bertz CT molecular complexity index is 1050. The predicted molar refractivity (Wildman–Crippen MR) is 110 cm³/mol. The number of ether oxygens (including phenoxy) is 3. The van der Waals surface area contributed by atoms with Crippen molar-refractivity contribution >= 4 is 22.9 Å². The first-order valence-corrected chi connectivity index (χ1v) is 9.71. The molecule has 1 amide bonds. The van der Waals surface area contributed by atoms with Gasteiger partial charge in [-0.05, 0) is 26.0 Å². The molecule has 4 rings (SSSR count). The molecule has 0 radical (unpaired) electrons. The van der Waals surface area contributed by atoms with Crippen LogP contribution in [-0.4, -0.2) is 51.0 Å². The third-order valence-corrected chi connectivity index (χ3v) is 4.97. The van der Waals surface area contributed by atoms with Crippen molar-refractivity contribution < 1.29 is 19.0 Å². The zero-order valence-electron chi connectivity index (χ0n) is 17.5. The van der Waals surface area contributed by atoms with Crippen LogP contribution >= 0.6 is 0 Å². The molecular formula is C21H25N5O4. The molecule has 30 heavy (non-hydrogen) atoms. The summed E-state index contributed by atoms with van der Waals surface area (Å²) in [6.45, 7) is 7.21. The smallest absolute Gasteiger partial charge is 0.298 e. The van der Waals surface area contributed by atoms with Crippen molar-refractivity contribution in [3.05, 3.63) is 42.2 Å². The highest BCUT2D eigenvalue weighted by Crippen LogP contribution is 2.31. The molecule has 1 aliphatic rings. The van der Waals surface area contributed by atoms with E-state index in [1.807, 2.05) is 26.8 Å². The van der Waals surface area contributed by atoms with Gasteiger partial charge in [-0.2, -0.15) is 4.98 Å². The van der Waals surface area contributed by atoms with Gasteiger partial charge in [-0.3, -0.25) is 9.36 Å². The molecule has 9 nitrogen and oxygen atoms in total. The third kappa shape index (κ3) is 4.12. The van der Waals surface area contributed by atoms with E-state index >= 15 is 0 Å². The summed E-state index contributed by atoms with van der Waals surface area (Å²) in [4.78, 5) is 25.5. The number of fused-ring (bicyclic) bond motifs is 1. The first kappa shape index (κ1) is 20.2. The normalized spacial score (nSPS) is 17.6. The molecule has 0 unspecified atom stereocenters. The highest BCUT2D eigenvalue weighted by atomic mass is 16.7. The number of rotatable bonds is 5. The fraction of sp³-hybridized carbons (Fsp3) is 0.429. The van der Waals surface area contributed by atoms with Crippen LogP contribution in [0.5, 0.6) is 6.01 Å². The Kier molecular flexibility index (Phi) is 5.17. The minimum atomic E-state index is -0.584. The first-order valence-electron chi connectivity index (χ1n) is 9.71. The molecule has 0 bridgehead atoms. The minimum Gasteiger partial charge on any atom is -0.464 e. The number of nitrogens with one attached hydrogen (secondary N) is 1. The molecule has 1 aliphatic heterocycles. The van der Waals surface area contributed by atoms with Crippen LogP contribution in [0.4, 0.5) is 5.82 Å². The summed E-state index contributed by atoms with van der Waals surface area (Å²) in [6, 6.07) is 9.31. The second kappa shape index (κ2) is 7.66. The summed E-state index contributed by atoms with van der Waals surface area (Å²) >= 11 is 0. The molecule has 0 spiro atoms. The Morgan fingerprint density at radius 2 is 1.87 bits per heavy atom. The van der Waals surface area contributed by atoms with Crippen molar-refractivity contribution in [2.75, 3.05) is 25.1 Å². The SMILES string of the molecule is Cn1c(OCC2(C)COC(C)(C)OC2)nc2c(NC(=O)c3ccccc3)ncnc21. The second-order valence-electron chi connectivity index (χ2n) is 8.24. The molecule has 3 heterocycles. The molecule has 3 aromatic rings. The van der Waals surface area contributed by atoms with E-state index in [0.717, 1.165) is 0 Å². The number of carbonyl (C=O) groups is 1. The molecule has 1 N–H and O–H groups in total. The number of hydrogen-bond acceptors (Lipinski definition) is 7. The fourth-order valence-corrected chi connectivity index (χ4v) is 3.07. The van der Waals surface area contributed by atoms with Gasteiger partial charge < -0.3 is 19.5 Å². The third-order valence-electron chi connectivity index (χ3n) is 4.97. The summed E-state index contributed by atoms with van der Waals surface area (Å²) in [5, 5.41) is 2.80. The molecule has 1 aromatic carbocycles. The van der Waals surface area contributed by atoms with Crippen LogP contribution in [-0.2, 0) is 16.5 Å². The Morgan fingerprint density at radius 1 is 1.17 bits per heavy atom. The van der Waals surface area contributed by atoms with Crippen molar-refractivity contribution in [3.8, 4) is 6.01 Å². The number of hydrogen-bond donors (Lipinski definition) is 1. The van der Waals surface area contributed by atoms with E-state index in [1.165, 1.54) is 6.33 Å². The Morgan fingerprint density at radius 3 is 2.57 bits per heavy atom. The lowest BCUT2D eigenvalue weighted by atomic mass is 9.93. The summed E-state index contributed by atoms with van der Waals surface area (Å²) < 4.78 is 19.2. The van der Waals surface area contributed by atoms with Crippen LogP contribution in [0.1, 0.15) is 31.1 Å². The van der Waals surface area contributed by atoms with E-state index in [9.17, 15) is 4.79 Å². The van der Waals surface area contributed by atoms with Gasteiger partial charge in [0.2, 0.25) is 0 Å². The number of imidazole rings is 1. The topological polar surface area (TPSA) is 100 Å². The Balaban J connectivity index is 1.52. The lowest BCUT2D eigenvalue weighted by molar-refractivity contribution is -0.285. The van der Waals surface area contributed by atoms with Crippen LogP contribution in [0.2, 0.25) is 0 Å². The van der Waals surface area contributed by atoms with Gasteiger partial charge in [-0.1, -0.05) is 25.1 Å². The standard InChI is InChI=1S/C21H25N5O4/c1-20(2)29-11-21(3,12-30-20)10-28-19-24-15-16(22-13-23-17(15)26(19)4)25-18(27)14-8-6-5-7-9-14/h5-9,13H,10-12H2,1-4H3,(H,22,23,25,27). The molecule has 9 heteroatoms. The monoisotopic (exact) mass is 411 g/mol. The largest absolute Gasteiger partial charge is 0.464 e. The number of anilines is 1. The van der Waals surface area contributed by atoms with Crippen LogP contribution in [0.25, 0.3) is 11.2 Å². The van der Waals surface area contributed by atoms with Crippen LogP contribution in [0.3, 0.4) is 0 Å². The van der Waals surface area contributed by atoms with Gasteiger partial charge >= 0.3 is 0 Å². The zero-order chi connectivity index (χ0) is 21.4. The number of carbonyl (C=O) groups excluding carboxylic acids is 1. The number of benzene rings is 1. The lowest BCUT2D eigenvalue weighted by Crippen LogP contribution is -2.47. The van der Waals surface area contributed by atoms with Crippen molar-refractivity contribution in [1.82, 2.24) is 19.5 Å². The summed E-state index contributed by atoms with van der Waals surface area (Å²) in [7, 11) is 1.81. The summed E-state index contributed by atoms with van der Waals surface area (Å²) in [6.07, 6.45) is 1.39. The number of amides is 1. The predicted octanol–water partition coefficient (Wildman–Crippen LogP) is 2.78. The van der Waals surface area contributed by atoms with Gasteiger partial charge in [0.25, 0.3) is 11.9 Å². The first-order chi connectivity index (χ1) is 14.3. The molecular weight excluding hydrogens is 386 g/mol. The van der Waals surface area contributed by atoms with Gasteiger partial charge in [0, 0.05) is 18.0 Å². The Hall–Kier alpha value is -3.04. The average molecular weight is 411 g/mol. The van der Waals surface area contributed by atoms with Crippen LogP contribution in [0.15, 0.2) is 36.7 Å². The van der Waals surface area contributed by atoms with Crippen LogP contribution in [0, 0.1) is 5.41 Å². The van der Waals surface area contributed by atoms with Crippen molar-refractivity contribution in [2.24, 2.45) is 12.5 Å². The quantitative estimate of drug-likeness (QED) is 0.689. The maximum Gasteiger partial charge on any atom is 0.298 e. The van der Waals surface area contributed by atoms with E-state index < -0.39 is 5.79 Å². The van der Waals surface area contributed by atoms with E-state index in [2.05, 4.69) is 20.3 Å². The van der Waals surface area contributed by atoms with Gasteiger partial charge in [0.05, 0.1) is 13.2 Å². The zero-order valence-corrected chi connectivity index (χ0v) is 17.5. The van der Waals surface area contributed by atoms with Crippen molar-refractivity contribution in [1.29, 1.82) is 0 Å². The highest BCUT2D eigenvalue weighted by Gasteiger charge is 2.37. The van der Waals surface area contributed by atoms with Gasteiger partial charge in [0.15, 0.2) is 22.8 Å². The molecule has 0 saturated carbocycles. The molecule has 0 aliphatic carbocycles. The van der Waals surface area contributed by atoms with E-state index in [1.54, 1.807) is 35.9 Å². The maximum atomic E-state index is 12.5. The minimum absolute atomic E-state index is 0.268. The molecule has 1 saturated heterocycles. The van der Waals surface area contributed by atoms with E-state index in [-0.39, 0.29) is 11.3 Å². The van der Waals surface area contributed by atoms with Gasteiger partial charge in [0.1, 0.15) is 12.9 Å². The number of aryl methyl sites for hydroxylation is 1. The fourth-order valence-electron chi connectivity index (χ4n) is 3.07. The van der Waals surface area contributed by atoms with Crippen molar-refractivity contribution in [2.45, 2.75) is 26.6 Å².